The number of hydrogen-bond donors (Lipinski definition) is 1. The minimum absolute atomic E-state index is 0.00911. The highest BCUT2D eigenvalue weighted by atomic mass is 32.1. The van der Waals surface area contributed by atoms with E-state index in [1.807, 2.05) is 47.4 Å². The second kappa shape index (κ2) is 9.33. The summed E-state index contributed by atoms with van der Waals surface area (Å²) in [4.78, 5) is 19.4. The lowest BCUT2D eigenvalue weighted by Gasteiger charge is -2.29. The Kier molecular flexibility index (Phi) is 6.36. The van der Waals surface area contributed by atoms with Crippen LogP contribution in [0.2, 0.25) is 0 Å². The molecule has 29 heavy (non-hydrogen) atoms. The summed E-state index contributed by atoms with van der Waals surface area (Å²) in [5, 5.41) is 10.1. The van der Waals surface area contributed by atoms with Crippen molar-refractivity contribution in [3.05, 3.63) is 59.4 Å². The summed E-state index contributed by atoms with van der Waals surface area (Å²) in [7, 11) is 0. The minimum Gasteiger partial charge on any atom is -0.302 e. The molecule has 1 N–H and O–H groups in total. The third-order valence-corrected chi connectivity index (χ3v) is 6.16. The van der Waals surface area contributed by atoms with E-state index in [1.54, 1.807) is 0 Å². The largest absolute Gasteiger partial charge is 0.302 e. The van der Waals surface area contributed by atoms with Crippen LogP contribution in [0.3, 0.4) is 0 Å². The smallest absolute Gasteiger partial charge is 0.226 e. The van der Waals surface area contributed by atoms with Crippen molar-refractivity contribution in [2.45, 2.75) is 39.2 Å². The van der Waals surface area contributed by atoms with Gasteiger partial charge in [-0.15, -0.1) is 11.3 Å². The molecule has 1 saturated heterocycles. The van der Waals surface area contributed by atoms with E-state index in [2.05, 4.69) is 32.6 Å². The van der Waals surface area contributed by atoms with E-state index in [-0.39, 0.29) is 5.91 Å². The van der Waals surface area contributed by atoms with Crippen molar-refractivity contribution < 1.29 is 4.79 Å². The predicted molar refractivity (Wildman–Crippen MR) is 116 cm³/mol. The van der Waals surface area contributed by atoms with Crippen LogP contribution in [0.4, 0.5) is 5.13 Å². The number of carbonyl (C=O) groups excluding carboxylic acids is 1. The van der Waals surface area contributed by atoms with Crippen LogP contribution >= 0.6 is 11.3 Å². The highest BCUT2D eigenvalue weighted by molar-refractivity contribution is 7.13. The maximum atomic E-state index is 12.3. The number of para-hydroxylation sites is 1. The number of nitrogens with one attached hydrogen (secondary N) is 1. The molecule has 1 fully saturated rings. The Bertz CT molecular complexity index is 928. The third kappa shape index (κ3) is 5.52. The highest BCUT2D eigenvalue weighted by Gasteiger charge is 2.17. The molecule has 0 aliphatic carbocycles. The first kappa shape index (κ1) is 19.8. The van der Waals surface area contributed by atoms with Gasteiger partial charge in [0.25, 0.3) is 0 Å². The van der Waals surface area contributed by atoms with Gasteiger partial charge < -0.3 is 5.32 Å². The zero-order chi connectivity index (χ0) is 20.1. The average molecular weight is 410 g/mol. The number of piperidine rings is 1. The number of nitrogens with zero attached hydrogens (tertiary/aromatic N) is 4. The number of likely N-dealkylation sites (tertiary alicyclic amines) is 1. The van der Waals surface area contributed by atoms with Crippen LogP contribution in [-0.4, -0.2) is 38.7 Å². The van der Waals surface area contributed by atoms with Crippen molar-refractivity contribution in [1.82, 2.24) is 19.7 Å². The van der Waals surface area contributed by atoms with Crippen LogP contribution in [0, 0.1) is 5.92 Å². The molecule has 0 spiro atoms. The molecule has 0 bridgehead atoms. The Hall–Kier alpha value is -2.51. The summed E-state index contributed by atoms with van der Waals surface area (Å²) < 4.78 is 1.84. The van der Waals surface area contributed by atoms with E-state index in [1.165, 1.54) is 24.2 Å². The van der Waals surface area contributed by atoms with Crippen LogP contribution in [0.5, 0.6) is 0 Å². The Morgan fingerprint density at radius 3 is 2.83 bits per heavy atom. The fraction of sp³-hybridized carbons (Fsp3) is 0.409. The van der Waals surface area contributed by atoms with Gasteiger partial charge in [0.1, 0.15) is 0 Å². The summed E-state index contributed by atoms with van der Waals surface area (Å²) in [5.41, 5.74) is 3.11. The molecule has 152 valence electrons. The van der Waals surface area contributed by atoms with Gasteiger partial charge in [0, 0.05) is 24.5 Å². The summed E-state index contributed by atoms with van der Waals surface area (Å²) >= 11 is 1.50. The number of thiazole rings is 1. The summed E-state index contributed by atoms with van der Waals surface area (Å²) in [6.45, 7) is 5.46. The molecule has 1 aliphatic rings. The Morgan fingerprint density at radius 1 is 1.24 bits per heavy atom. The fourth-order valence-corrected chi connectivity index (χ4v) is 4.25. The quantitative estimate of drug-likeness (QED) is 0.637. The number of anilines is 1. The van der Waals surface area contributed by atoms with Gasteiger partial charge in [-0.25, -0.2) is 9.67 Å². The first-order valence-electron chi connectivity index (χ1n) is 10.2. The zero-order valence-electron chi connectivity index (χ0n) is 16.8. The number of hydrogen-bond acceptors (Lipinski definition) is 5. The lowest BCUT2D eigenvalue weighted by atomic mass is 9.99. The van der Waals surface area contributed by atoms with Gasteiger partial charge in [-0.3, -0.25) is 9.69 Å². The van der Waals surface area contributed by atoms with Crippen LogP contribution in [0.25, 0.3) is 5.69 Å². The number of carbonyl (C=O) groups is 1. The normalized spacial score (nSPS) is 15.5. The van der Waals surface area contributed by atoms with Crippen LogP contribution in [0.1, 0.15) is 37.4 Å². The molecule has 2 aromatic heterocycles. The molecule has 1 aliphatic heterocycles. The third-order valence-electron chi connectivity index (χ3n) is 5.36. The van der Waals surface area contributed by atoms with E-state index in [9.17, 15) is 4.79 Å². The van der Waals surface area contributed by atoms with E-state index < -0.39 is 0 Å². The van der Waals surface area contributed by atoms with Gasteiger partial charge in [-0.1, -0.05) is 25.1 Å². The molecule has 0 atom stereocenters. The van der Waals surface area contributed by atoms with E-state index >= 15 is 0 Å². The van der Waals surface area contributed by atoms with Gasteiger partial charge in [-0.05, 0) is 56.0 Å². The molecule has 1 amide bonds. The second-order valence-electron chi connectivity index (χ2n) is 7.78. The highest BCUT2D eigenvalue weighted by Crippen LogP contribution is 2.21. The van der Waals surface area contributed by atoms with Crippen molar-refractivity contribution in [2.24, 2.45) is 5.92 Å². The minimum atomic E-state index is -0.00911. The lowest BCUT2D eigenvalue weighted by Crippen LogP contribution is -2.32. The predicted octanol–water partition coefficient (Wildman–Crippen LogP) is 4.13. The van der Waals surface area contributed by atoms with E-state index in [0.29, 0.717) is 18.0 Å². The Labute approximate surface area is 175 Å². The maximum Gasteiger partial charge on any atom is 0.226 e. The topological polar surface area (TPSA) is 63.1 Å². The van der Waals surface area contributed by atoms with Gasteiger partial charge >= 0.3 is 0 Å². The number of aromatic nitrogens is 3. The Morgan fingerprint density at radius 2 is 2.03 bits per heavy atom. The molecule has 6 nitrogen and oxygen atoms in total. The second-order valence-corrected chi connectivity index (χ2v) is 8.64. The van der Waals surface area contributed by atoms with Crippen molar-refractivity contribution in [3.8, 4) is 5.69 Å². The molecule has 4 rings (SSSR count). The molecule has 0 radical (unpaired) electrons. The summed E-state index contributed by atoms with van der Waals surface area (Å²) in [6, 6.07) is 9.97. The first-order chi connectivity index (χ1) is 14.2. The summed E-state index contributed by atoms with van der Waals surface area (Å²) in [6.07, 6.45) is 7.39. The molecule has 7 heteroatoms. The van der Waals surface area contributed by atoms with E-state index in [0.717, 1.165) is 42.5 Å². The van der Waals surface area contributed by atoms with Gasteiger partial charge in [-0.2, -0.15) is 5.10 Å². The molecule has 1 aromatic carbocycles. The molecule has 3 aromatic rings. The van der Waals surface area contributed by atoms with Crippen LogP contribution < -0.4 is 5.32 Å². The number of aryl methyl sites for hydroxylation is 1. The zero-order valence-corrected chi connectivity index (χ0v) is 17.6. The number of amides is 1. The molecular weight excluding hydrogens is 382 g/mol. The molecule has 0 unspecified atom stereocenters. The lowest BCUT2D eigenvalue weighted by molar-refractivity contribution is -0.116. The van der Waals surface area contributed by atoms with Crippen molar-refractivity contribution in [2.75, 3.05) is 18.4 Å². The monoisotopic (exact) mass is 409 g/mol. The maximum absolute atomic E-state index is 12.3. The number of rotatable bonds is 7. The average Bonchev–Trinajstić information content (AvgIpc) is 3.38. The Balaban J connectivity index is 1.24. The van der Waals surface area contributed by atoms with Crippen LogP contribution in [-0.2, 0) is 17.8 Å². The van der Waals surface area contributed by atoms with Gasteiger partial charge in [0.05, 0.1) is 17.6 Å². The SMILES string of the molecule is CC1CCN(Cc2csc(NC(=O)CCc3cnn(-c4ccccc4)c3)n2)CC1. The molecule has 3 heterocycles. The number of benzene rings is 1. The van der Waals surface area contributed by atoms with Gasteiger partial charge in [0.2, 0.25) is 5.91 Å². The standard InChI is InChI=1S/C22H27N5OS/c1-17-9-11-26(12-10-17)15-19-16-29-22(24-19)25-21(28)8-7-18-13-23-27(14-18)20-5-3-2-4-6-20/h2-6,13-14,16-17H,7-12,15H2,1H3,(H,24,25,28). The van der Waals surface area contributed by atoms with E-state index in [4.69, 9.17) is 0 Å². The first-order valence-corrected chi connectivity index (χ1v) is 11.1. The fourth-order valence-electron chi connectivity index (χ4n) is 3.54. The molecule has 0 saturated carbocycles. The van der Waals surface area contributed by atoms with Crippen molar-refractivity contribution >= 4 is 22.4 Å². The summed E-state index contributed by atoms with van der Waals surface area (Å²) in [5.74, 6) is 0.821. The molecular formula is C22H27N5OS. The van der Waals surface area contributed by atoms with Crippen molar-refractivity contribution in [1.29, 1.82) is 0 Å². The van der Waals surface area contributed by atoms with Crippen LogP contribution in [0.15, 0.2) is 48.1 Å². The van der Waals surface area contributed by atoms with Crippen molar-refractivity contribution in [3.63, 3.8) is 0 Å². The van der Waals surface area contributed by atoms with Gasteiger partial charge in [0.15, 0.2) is 5.13 Å².